The molecule has 0 radical (unpaired) electrons. The topological polar surface area (TPSA) is 153 Å². The number of carbonyl (C=O) groups excluding carboxylic acids is 1. The Morgan fingerprint density at radius 1 is 1.03 bits per heavy atom. The largest absolute Gasteiger partial charge is 0.465 e. The van der Waals surface area contributed by atoms with Crippen molar-refractivity contribution in [1.82, 2.24) is 19.8 Å². The number of carbonyl (C=O) groups is 2. The SMILES string of the molecule is CN(CCNS(=O)(=O)c1cc(S(=O)(=O)c2ccccc2)ccc1C(F)(F)F)C(=O)NC1CCN(C(=O)O)CC1. The van der Waals surface area contributed by atoms with E-state index >= 15 is 0 Å². The van der Waals surface area contributed by atoms with E-state index in [1.54, 1.807) is 6.07 Å². The van der Waals surface area contributed by atoms with Crippen LogP contribution in [0.1, 0.15) is 18.4 Å². The Morgan fingerprint density at radius 3 is 2.21 bits per heavy atom. The number of amides is 3. The number of alkyl halides is 3. The number of benzene rings is 2. The minimum Gasteiger partial charge on any atom is -0.465 e. The van der Waals surface area contributed by atoms with Gasteiger partial charge in [-0.3, -0.25) is 0 Å². The molecule has 0 bridgehead atoms. The zero-order valence-corrected chi connectivity index (χ0v) is 22.3. The molecule has 0 saturated carbocycles. The van der Waals surface area contributed by atoms with Gasteiger partial charge in [-0.05, 0) is 43.2 Å². The lowest BCUT2D eigenvalue weighted by molar-refractivity contribution is -0.139. The van der Waals surface area contributed by atoms with Gasteiger partial charge in [-0.2, -0.15) is 13.2 Å². The molecule has 0 aliphatic carbocycles. The normalized spacial score (nSPS) is 15.1. The average molecular weight is 593 g/mol. The van der Waals surface area contributed by atoms with Crippen molar-refractivity contribution in [2.24, 2.45) is 0 Å². The molecule has 1 saturated heterocycles. The molecule has 3 rings (SSSR count). The molecule has 3 N–H and O–H groups in total. The fraction of sp³-hybridized carbons (Fsp3) is 0.391. The van der Waals surface area contributed by atoms with Gasteiger partial charge in [0, 0.05) is 39.3 Å². The predicted octanol–water partition coefficient (Wildman–Crippen LogP) is 2.60. The molecule has 2 aromatic carbocycles. The number of nitrogens with one attached hydrogen (secondary N) is 2. The van der Waals surface area contributed by atoms with Gasteiger partial charge in [0.2, 0.25) is 19.9 Å². The van der Waals surface area contributed by atoms with Crippen molar-refractivity contribution in [2.75, 3.05) is 33.2 Å². The highest BCUT2D eigenvalue weighted by atomic mass is 32.2. The number of rotatable bonds is 8. The third-order valence-corrected chi connectivity index (χ3v) is 9.36. The molecular weight excluding hydrogens is 565 g/mol. The number of likely N-dealkylation sites (tertiary alicyclic amines) is 1. The Labute approximate surface area is 223 Å². The summed E-state index contributed by atoms with van der Waals surface area (Å²) in [5.74, 6) is 0. The Balaban J connectivity index is 1.71. The standard InChI is InChI=1S/C23H27F3N4O7S2/c1-29(21(31)28-16-9-12-30(13-10-16)22(32)33)14-11-27-39(36,37)20-15-18(7-8-19(20)23(24,25)26)38(34,35)17-5-3-2-4-6-17/h2-8,15-16,27H,9-14H2,1H3,(H,28,31)(H,32,33). The summed E-state index contributed by atoms with van der Waals surface area (Å²) in [6.45, 7) is -0.201. The minimum absolute atomic E-state index is 0.220. The van der Waals surface area contributed by atoms with Crippen molar-refractivity contribution < 1.29 is 44.7 Å². The number of halogens is 3. The molecule has 1 heterocycles. The summed E-state index contributed by atoms with van der Waals surface area (Å²) in [6, 6.07) is 7.54. The molecule has 0 spiro atoms. The zero-order valence-electron chi connectivity index (χ0n) is 20.7. The first-order valence-electron chi connectivity index (χ1n) is 11.6. The van der Waals surface area contributed by atoms with Gasteiger partial charge >= 0.3 is 18.3 Å². The van der Waals surface area contributed by atoms with Crippen LogP contribution < -0.4 is 10.0 Å². The number of piperidine rings is 1. The molecule has 2 aromatic rings. The molecule has 3 amide bonds. The van der Waals surface area contributed by atoms with Crippen LogP contribution >= 0.6 is 0 Å². The summed E-state index contributed by atoms with van der Waals surface area (Å²) in [7, 11) is -7.81. The summed E-state index contributed by atoms with van der Waals surface area (Å²) in [5.41, 5.74) is -1.54. The van der Waals surface area contributed by atoms with Gasteiger partial charge in [-0.25, -0.2) is 31.1 Å². The summed E-state index contributed by atoms with van der Waals surface area (Å²) < 4.78 is 94.5. The van der Waals surface area contributed by atoms with Crippen LogP contribution in [0.2, 0.25) is 0 Å². The first kappa shape index (κ1) is 30.2. The Morgan fingerprint density at radius 2 is 1.64 bits per heavy atom. The number of sulfonamides is 1. The maximum absolute atomic E-state index is 13.6. The molecule has 214 valence electrons. The number of hydrogen-bond donors (Lipinski definition) is 3. The van der Waals surface area contributed by atoms with E-state index in [9.17, 15) is 39.6 Å². The zero-order chi connectivity index (χ0) is 29.0. The van der Waals surface area contributed by atoms with Crippen molar-refractivity contribution in [2.45, 2.75) is 39.7 Å². The van der Waals surface area contributed by atoms with Gasteiger partial charge in [0.15, 0.2) is 0 Å². The molecule has 11 nitrogen and oxygen atoms in total. The van der Waals surface area contributed by atoms with E-state index in [4.69, 9.17) is 5.11 Å². The second kappa shape index (κ2) is 11.8. The predicted molar refractivity (Wildman–Crippen MR) is 132 cm³/mol. The number of hydrogen-bond acceptors (Lipinski definition) is 6. The first-order chi connectivity index (χ1) is 18.1. The molecule has 0 aromatic heterocycles. The molecule has 1 aliphatic heterocycles. The highest BCUT2D eigenvalue weighted by Crippen LogP contribution is 2.36. The maximum Gasteiger partial charge on any atom is 0.417 e. The van der Waals surface area contributed by atoms with Crippen molar-refractivity contribution in [1.29, 1.82) is 0 Å². The molecular formula is C23H27F3N4O7S2. The van der Waals surface area contributed by atoms with Gasteiger partial charge in [0.25, 0.3) is 0 Å². The third-order valence-electron chi connectivity index (χ3n) is 6.09. The fourth-order valence-electron chi connectivity index (χ4n) is 3.89. The van der Waals surface area contributed by atoms with E-state index in [2.05, 4.69) is 5.32 Å². The Hall–Kier alpha value is -3.37. The third kappa shape index (κ3) is 7.39. The summed E-state index contributed by atoms with van der Waals surface area (Å²) in [6.07, 6.45) is -5.37. The van der Waals surface area contributed by atoms with Gasteiger partial charge in [0.05, 0.1) is 20.2 Å². The van der Waals surface area contributed by atoms with E-state index in [1.165, 1.54) is 36.2 Å². The quantitative estimate of drug-likeness (QED) is 0.426. The van der Waals surface area contributed by atoms with E-state index in [0.717, 1.165) is 4.90 Å². The second-order valence-electron chi connectivity index (χ2n) is 8.78. The number of urea groups is 1. The van der Waals surface area contributed by atoms with Crippen LogP contribution in [0.15, 0.2) is 63.2 Å². The van der Waals surface area contributed by atoms with Crippen LogP contribution in [-0.4, -0.2) is 83.1 Å². The Bertz CT molecular complexity index is 1410. The highest BCUT2D eigenvalue weighted by Gasteiger charge is 2.38. The average Bonchev–Trinajstić information content (AvgIpc) is 2.88. The number of carboxylic acid groups (broad SMARTS) is 1. The molecule has 16 heteroatoms. The van der Waals surface area contributed by atoms with Crippen molar-refractivity contribution in [3.63, 3.8) is 0 Å². The molecule has 0 unspecified atom stereocenters. The minimum atomic E-state index is -5.09. The monoisotopic (exact) mass is 592 g/mol. The van der Waals surface area contributed by atoms with Crippen LogP contribution in [0.5, 0.6) is 0 Å². The van der Waals surface area contributed by atoms with Crippen molar-refractivity contribution in [3.8, 4) is 0 Å². The van der Waals surface area contributed by atoms with Crippen LogP contribution in [0.25, 0.3) is 0 Å². The first-order valence-corrected chi connectivity index (χ1v) is 14.6. The van der Waals surface area contributed by atoms with Gasteiger partial charge < -0.3 is 20.2 Å². The van der Waals surface area contributed by atoms with E-state index in [-0.39, 0.29) is 30.6 Å². The lowest BCUT2D eigenvalue weighted by Gasteiger charge is -2.31. The Kier molecular flexibility index (Phi) is 9.12. The maximum atomic E-state index is 13.6. The number of nitrogens with zero attached hydrogens (tertiary/aromatic N) is 2. The van der Waals surface area contributed by atoms with Gasteiger partial charge in [-0.1, -0.05) is 18.2 Å². The van der Waals surface area contributed by atoms with Crippen LogP contribution in [-0.2, 0) is 26.0 Å². The van der Waals surface area contributed by atoms with Gasteiger partial charge in [-0.15, -0.1) is 0 Å². The van der Waals surface area contributed by atoms with Gasteiger partial charge in [0.1, 0.15) is 0 Å². The van der Waals surface area contributed by atoms with Crippen LogP contribution in [0.3, 0.4) is 0 Å². The van der Waals surface area contributed by atoms with Crippen LogP contribution in [0.4, 0.5) is 22.8 Å². The van der Waals surface area contributed by atoms with E-state index in [1.807, 2.05) is 4.72 Å². The second-order valence-corrected chi connectivity index (χ2v) is 12.5. The summed E-state index contributed by atoms with van der Waals surface area (Å²) in [4.78, 5) is 23.6. The molecule has 0 atom stereocenters. The van der Waals surface area contributed by atoms with Crippen molar-refractivity contribution in [3.05, 3.63) is 54.1 Å². The smallest absolute Gasteiger partial charge is 0.417 e. The number of sulfone groups is 1. The summed E-state index contributed by atoms with van der Waals surface area (Å²) in [5, 5.41) is 11.7. The van der Waals surface area contributed by atoms with Crippen LogP contribution in [0, 0.1) is 0 Å². The van der Waals surface area contributed by atoms with E-state index < -0.39 is 60.1 Å². The highest BCUT2D eigenvalue weighted by molar-refractivity contribution is 7.91. The lowest BCUT2D eigenvalue weighted by atomic mass is 10.1. The van der Waals surface area contributed by atoms with E-state index in [0.29, 0.717) is 31.0 Å². The summed E-state index contributed by atoms with van der Waals surface area (Å²) >= 11 is 0. The number of likely N-dealkylation sites (N-methyl/N-ethyl adjacent to an activating group) is 1. The fourth-order valence-corrected chi connectivity index (χ4v) is 6.54. The molecule has 39 heavy (non-hydrogen) atoms. The molecule has 1 fully saturated rings. The lowest BCUT2D eigenvalue weighted by Crippen LogP contribution is -2.50. The molecule has 1 aliphatic rings. The van der Waals surface area contributed by atoms with Crippen molar-refractivity contribution >= 4 is 32.0 Å².